The molecule has 0 aliphatic carbocycles. The fraction of sp³-hybridized carbons (Fsp3) is 0.211. The molecule has 1 amide bonds. The maximum absolute atomic E-state index is 13.1. The van der Waals surface area contributed by atoms with Gasteiger partial charge in [0.15, 0.2) is 4.91 Å². The van der Waals surface area contributed by atoms with Gasteiger partial charge in [-0.25, -0.2) is 18.4 Å². The van der Waals surface area contributed by atoms with Gasteiger partial charge in [0.25, 0.3) is 15.9 Å². The van der Waals surface area contributed by atoms with Crippen molar-refractivity contribution < 1.29 is 22.4 Å². The molecule has 2 rings (SSSR count). The first-order chi connectivity index (χ1) is 13.7. The normalized spacial score (nSPS) is 12.8. The number of ether oxygens (including phenoxy) is 1. The van der Waals surface area contributed by atoms with Gasteiger partial charge in [0.05, 0.1) is 19.0 Å². The van der Waals surface area contributed by atoms with Crippen molar-refractivity contribution in [1.29, 1.82) is 0 Å². The van der Waals surface area contributed by atoms with E-state index in [0.29, 0.717) is 5.69 Å². The zero-order valence-electron chi connectivity index (χ0n) is 16.5. The summed E-state index contributed by atoms with van der Waals surface area (Å²) < 4.78 is 38.7. The molecule has 0 radical (unpaired) electrons. The lowest BCUT2D eigenvalue weighted by Gasteiger charge is -2.15. The lowest BCUT2D eigenvalue weighted by molar-refractivity contribution is 0.0931. The fourth-order valence-electron chi connectivity index (χ4n) is 2.46. The third-order valence-corrected chi connectivity index (χ3v) is 5.18. The quantitative estimate of drug-likeness (QED) is 0.386. The van der Waals surface area contributed by atoms with Gasteiger partial charge < -0.3 is 14.5 Å². The average molecular weight is 418 g/mol. The lowest BCUT2D eigenvalue weighted by Crippen LogP contribution is -2.23. The van der Waals surface area contributed by atoms with Crippen LogP contribution >= 0.6 is 0 Å². The summed E-state index contributed by atoms with van der Waals surface area (Å²) in [6.07, 6.45) is 3.79. The van der Waals surface area contributed by atoms with Gasteiger partial charge in [-0.15, -0.1) is 0 Å². The number of methoxy groups -OCH3 is 1. The van der Waals surface area contributed by atoms with E-state index in [1.54, 1.807) is 26.0 Å². The number of aliphatic imine (C=N–C) groups is 1. The first kappa shape index (κ1) is 21.9. The Morgan fingerprint density at radius 1 is 1.31 bits per heavy atom. The number of rotatable bonds is 8. The number of sulfonamides is 1. The van der Waals surface area contributed by atoms with Gasteiger partial charge >= 0.3 is 5.91 Å². The van der Waals surface area contributed by atoms with Crippen molar-refractivity contribution in [3.05, 3.63) is 70.2 Å². The van der Waals surface area contributed by atoms with Gasteiger partial charge in [0.1, 0.15) is 6.26 Å². The van der Waals surface area contributed by atoms with Crippen molar-refractivity contribution in [2.24, 2.45) is 4.99 Å². The second kappa shape index (κ2) is 9.20. The molecule has 9 nitrogen and oxygen atoms in total. The number of hydrogen-bond donors (Lipinski definition) is 2. The van der Waals surface area contributed by atoms with Gasteiger partial charge in [0, 0.05) is 5.70 Å². The zero-order valence-corrected chi connectivity index (χ0v) is 17.3. The SMILES string of the molecule is C=N/C(OC)=C(\C=C(/C)NC(=O)c1ncco1)S(=O)(=O)Nc1c(C)cccc1C. The molecule has 0 aliphatic rings. The molecule has 0 saturated heterocycles. The van der Waals surface area contributed by atoms with E-state index in [4.69, 9.17) is 9.15 Å². The van der Waals surface area contributed by atoms with Gasteiger partial charge in [-0.3, -0.25) is 9.52 Å². The van der Waals surface area contributed by atoms with E-state index >= 15 is 0 Å². The van der Waals surface area contributed by atoms with E-state index in [1.165, 1.54) is 32.6 Å². The molecule has 29 heavy (non-hydrogen) atoms. The Bertz CT molecular complexity index is 1050. The van der Waals surface area contributed by atoms with E-state index < -0.39 is 15.9 Å². The summed E-state index contributed by atoms with van der Waals surface area (Å²) in [5.74, 6) is -1.02. The van der Waals surface area contributed by atoms with Crippen molar-refractivity contribution in [1.82, 2.24) is 10.3 Å². The van der Waals surface area contributed by atoms with Crippen molar-refractivity contribution in [3.8, 4) is 0 Å². The molecule has 2 aromatic rings. The van der Waals surface area contributed by atoms with Crippen LogP contribution in [0.3, 0.4) is 0 Å². The topological polar surface area (TPSA) is 123 Å². The Balaban J connectivity index is 2.43. The van der Waals surface area contributed by atoms with Crippen molar-refractivity contribution in [3.63, 3.8) is 0 Å². The predicted molar refractivity (Wildman–Crippen MR) is 110 cm³/mol. The predicted octanol–water partition coefficient (Wildman–Crippen LogP) is 2.88. The number of allylic oxidation sites excluding steroid dienone is 2. The molecule has 0 aliphatic heterocycles. The van der Waals surface area contributed by atoms with Crippen LogP contribution in [0.1, 0.15) is 28.7 Å². The van der Waals surface area contributed by atoms with Crippen LogP contribution in [0, 0.1) is 13.8 Å². The summed E-state index contributed by atoms with van der Waals surface area (Å²) in [5, 5.41) is 2.50. The molecule has 1 heterocycles. The van der Waals surface area contributed by atoms with Crippen LogP contribution in [-0.4, -0.2) is 33.1 Å². The molecule has 0 bridgehead atoms. The number of amides is 1. The van der Waals surface area contributed by atoms with Gasteiger partial charge in [-0.05, 0) is 44.7 Å². The molecule has 0 atom stereocenters. The van der Waals surface area contributed by atoms with E-state index in [1.807, 2.05) is 6.07 Å². The third kappa shape index (κ3) is 5.32. The number of oxazole rings is 1. The minimum Gasteiger partial charge on any atom is -0.480 e. The lowest BCUT2D eigenvalue weighted by atomic mass is 10.1. The summed E-state index contributed by atoms with van der Waals surface area (Å²) in [6, 6.07) is 5.40. The van der Waals surface area contributed by atoms with E-state index in [9.17, 15) is 13.2 Å². The van der Waals surface area contributed by atoms with Gasteiger partial charge in [0.2, 0.25) is 5.88 Å². The van der Waals surface area contributed by atoms with Gasteiger partial charge in [-0.2, -0.15) is 0 Å². The van der Waals surface area contributed by atoms with Crippen LogP contribution in [0.25, 0.3) is 0 Å². The minimum atomic E-state index is -4.12. The number of para-hydroxylation sites is 1. The van der Waals surface area contributed by atoms with E-state index in [0.717, 1.165) is 11.1 Å². The Morgan fingerprint density at radius 3 is 2.48 bits per heavy atom. The largest absolute Gasteiger partial charge is 0.480 e. The zero-order chi connectivity index (χ0) is 21.6. The maximum Gasteiger partial charge on any atom is 0.311 e. The number of benzene rings is 1. The van der Waals surface area contributed by atoms with Crippen molar-refractivity contribution in [2.75, 3.05) is 11.8 Å². The number of anilines is 1. The summed E-state index contributed by atoms with van der Waals surface area (Å²) in [7, 11) is -2.85. The first-order valence-electron chi connectivity index (χ1n) is 8.42. The summed E-state index contributed by atoms with van der Waals surface area (Å²) in [5.41, 5.74) is 2.14. The minimum absolute atomic E-state index is 0.159. The van der Waals surface area contributed by atoms with E-state index in [2.05, 4.69) is 26.7 Å². The Labute approximate surface area is 169 Å². The Hall–Kier alpha value is -3.40. The average Bonchev–Trinajstić information content (AvgIpc) is 3.20. The highest BCUT2D eigenvalue weighted by Crippen LogP contribution is 2.25. The summed E-state index contributed by atoms with van der Waals surface area (Å²) >= 11 is 0. The molecule has 0 spiro atoms. The van der Waals surface area contributed by atoms with Crippen LogP contribution in [0.15, 0.2) is 62.6 Å². The molecular weight excluding hydrogens is 396 g/mol. The number of nitrogens with one attached hydrogen (secondary N) is 2. The van der Waals surface area contributed by atoms with Crippen molar-refractivity contribution >= 4 is 28.3 Å². The Morgan fingerprint density at radius 2 is 1.97 bits per heavy atom. The van der Waals surface area contributed by atoms with Crippen LogP contribution in [-0.2, 0) is 14.8 Å². The van der Waals surface area contributed by atoms with E-state index in [-0.39, 0.29) is 22.4 Å². The number of nitrogens with zero attached hydrogens (tertiary/aromatic N) is 2. The summed E-state index contributed by atoms with van der Waals surface area (Å²) in [6.45, 7) is 8.43. The molecule has 154 valence electrons. The van der Waals surface area contributed by atoms with Gasteiger partial charge in [-0.1, -0.05) is 18.2 Å². The van der Waals surface area contributed by atoms with Crippen molar-refractivity contribution in [2.45, 2.75) is 20.8 Å². The molecule has 0 saturated carbocycles. The number of hydrogen-bond acceptors (Lipinski definition) is 7. The second-order valence-electron chi connectivity index (χ2n) is 6.02. The second-order valence-corrected chi connectivity index (χ2v) is 7.67. The molecule has 0 unspecified atom stereocenters. The van der Waals surface area contributed by atoms with Crippen LogP contribution in [0.4, 0.5) is 5.69 Å². The number of aryl methyl sites for hydroxylation is 2. The smallest absolute Gasteiger partial charge is 0.311 e. The first-order valence-corrected chi connectivity index (χ1v) is 9.91. The fourth-order valence-corrected chi connectivity index (χ4v) is 3.87. The monoisotopic (exact) mass is 418 g/mol. The summed E-state index contributed by atoms with van der Waals surface area (Å²) in [4.78, 5) is 19.2. The van der Waals surface area contributed by atoms with Crippen LogP contribution in [0.2, 0.25) is 0 Å². The molecule has 0 fully saturated rings. The molecule has 10 heteroatoms. The molecule has 2 N–H and O–H groups in total. The number of aromatic nitrogens is 1. The number of carbonyl (C=O) groups excluding carboxylic acids is 1. The highest BCUT2D eigenvalue weighted by Gasteiger charge is 2.24. The highest BCUT2D eigenvalue weighted by molar-refractivity contribution is 7.96. The third-order valence-electron chi connectivity index (χ3n) is 3.84. The Kier molecular flexibility index (Phi) is 6.94. The molecular formula is C19H22N4O5S. The molecule has 1 aromatic carbocycles. The van der Waals surface area contributed by atoms with Crippen LogP contribution < -0.4 is 10.0 Å². The van der Waals surface area contributed by atoms with Crippen LogP contribution in [0.5, 0.6) is 0 Å². The highest BCUT2D eigenvalue weighted by atomic mass is 32.2. The molecule has 1 aromatic heterocycles. The number of carbonyl (C=O) groups is 1. The standard InChI is InChI=1S/C19H22N4O5S/c1-12-7-6-8-13(2)16(12)23-29(25,26)15(18(20-4)27-5)11-14(3)22-17(24)19-21-9-10-28-19/h6-11,23H,4H2,1-3,5H3,(H,22,24)/b14-11+,18-15-. The maximum atomic E-state index is 13.1.